The quantitative estimate of drug-likeness (QED) is 0.212. The number of para-hydroxylation sites is 2. The average Bonchev–Trinajstić information content (AvgIpc) is 3.51. The molecule has 0 bridgehead atoms. The van der Waals surface area contributed by atoms with E-state index in [1.54, 1.807) is 11.3 Å². The molecule has 5 aromatic rings. The lowest BCUT2D eigenvalue weighted by Gasteiger charge is -2.33. The Labute approximate surface area is 240 Å². The molecule has 1 aliphatic rings. The maximum Gasteiger partial charge on any atom is 0.259 e. The van der Waals surface area contributed by atoms with Gasteiger partial charge in [-0.2, -0.15) is 0 Å². The smallest absolute Gasteiger partial charge is 0.259 e. The fraction of sp³-hybridized carbons (Fsp3) is 0.257. The van der Waals surface area contributed by atoms with Gasteiger partial charge in [0.15, 0.2) is 0 Å². The van der Waals surface area contributed by atoms with E-state index in [1.807, 2.05) is 42.6 Å². The van der Waals surface area contributed by atoms with Gasteiger partial charge in [-0.25, -0.2) is 4.99 Å². The molecule has 0 spiro atoms. The number of hydrogen-bond acceptors (Lipinski definition) is 3. The Bertz CT molecular complexity index is 1700. The monoisotopic (exact) mass is 545 g/mol. The number of H-pyrrole nitrogens is 1. The van der Waals surface area contributed by atoms with E-state index in [9.17, 15) is 4.79 Å². The number of nitrogens with one attached hydrogen (secondary N) is 2. The Balaban J connectivity index is 1.46. The molecule has 2 aromatic heterocycles. The SMILES string of the molecule is Cc1cccc2c(C=Nc3sc4c(c3C(=O)Nc3ccccc3)CC[C@H](C(C)(C)C)C4)c(-c3ccccc3)[nH]c12. The summed E-state index contributed by atoms with van der Waals surface area (Å²) >= 11 is 1.68. The standard InChI is InChI=1S/C35H35N3OS/c1-22-12-11-17-26-28(32(38-31(22)26)23-13-7-5-8-14-23)21-36-34-30(33(39)37-25-15-9-6-10-16-25)27-19-18-24(35(2,3)4)20-29(27)40-34/h5-17,21,24,38H,18-20H2,1-4H3,(H,37,39)/t24-/m0/s1. The zero-order valence-corrected chi connectivity index (χ0v) is 24.4. The molecule has 1 aliphatic carbocycles. The molecule has 0 radical (unpaired) electrons. The number of amides is 1. The number of benzene rings is 3. The molecule has 202 valence electrons. The molecule has 0 saturated carbocycles. The van der Waals surface area contributed by atoms with Gasteiger partial charge in [-0.1, -0.05) is 87.5 Å². The lowest BCUT2D eigenvalue weighted by molar-refractivity contribution is 0.102. The average molecular weight is 546 g/mol. The summed E-state index contributed by atoms with van der Waals surface area (Å²) in [5, 5.41) is 5.05. The van der Waals surface area contributed by atoms with Crippen LogP contribution in [0.4, 0.5) is 10.7 Å². The Morgan fingerprint density at radius 3 is 2.45 bits per heavy atom. The first kappa shape index (κ1) is 26.3. The van der Waals surface area contributed by atoms with Crippen molar-refractivity contribution in [2.75, 3.05) is 5.32 Å². The van der Waals surface area contributed by atoms with Crippen molar-refractivity contribution in [3.05, 3.63) is 106 Å². The first-order chi connectivity index (χ1) is 19.3. The van der Waals surface area contributed by atoms with E-state index in [4.69, 9.17) is 4.99 Å². The van der Waals surface area contributed by atoms with E-state index in [1.165, 1.54) is 16.0 Å². The van der Waals surface area contributed by atoms with Gasteiger partial charge >= 0.3 is 0 Å². The highest BCUT2D eigenvalue weighted by molar-refractivity contribution is 7.16. The van der Waals surface area contributed by atoms with Gasteiger partial charge in [-0.05, 0) is 66.3 Å². The summed E-state index contributed by atoms with van der Waals surface area (Å²) in [4.78, 5) is 23.8. The van der Waals surface area contributed by atoms with Crippen LogP contribution >= 0.6 is 11.3 Å². The van der Waals surface area contributed by atoms with Crippen LogP contribution in [0.3, 0.4) is 0 Å². The zero-order chi connectivity index (χ0) is 27.9. The molecule has 1 atom stereocenters. The molecule has 40 heavy (non-hydrogen) atoms. The molecule has 0 unspecified atom stereocenters. The number of carbonyl (C=O) groups excluding carboxylic acids is 1. The second-order valence-corrected chi connectivity index (χ2v) is 12.9. The van der Waals surface area contributed by atoms with E-state index in [2.05, 4.69) is 80.5 Å². The Morgan fingerprint density at radius 2 is 1.73 bits per heavy atom. The van der Waals surface area contributed by atoms with E-state index in [-0.39, 0.29) is 11.3 Å². The topological polar surface area (TPSA) is 57.2 Å². The van der Waals surface area contributed by atoms with Crippen LogP contribution in [0.15, 0.2) is 83.9 Å². The van der Waals surface area contributed by atoms with Crippen LogP contribution in [0.1, 0.15) is 59.1 Å². The maximum absolute atomic E-state index is 13.8. The lowest BCUT2D eigenvalue weighted by atomic mass is 9.72. The van der Waals surface area contributed by atoms with Gasteiger partial charge in [0.1, 0.15) is 5.00 Å². The highest BCUT2D eigenvalue weighted by Gasteiger charge is 2.33. The van der Waals surface area contributed by atoms with Gasteiger partial charge in [-0.3, -0.25) is 4.79 Å². The number of anilines is 1. The number of fused-ring (bicyclic) bond motifs is 2. The van der Waals surface area contributed by atoms with Crippen LogP contribution < -0.4 is 5.32 Å². The van der Waals surface area contributed by atoms with Crippen molar-refractivity contribution in [2.45, 2.75) is 47.0 Å². The molecule has 5 heteroatoms. The fourth-order valence-electron chi connectivity index (χ4n) is 5.83. The number of aromatic nitrogens is 1. The largest absolute Gasteiger partial charge is 0.354 e. The number of carbonyl (C=O) groups is 1. The predicted molar refractivity (Wildman–Crippen MR) is 169 cm³/mol. The first-order valence-electron chi connectivity index (χ1n) is 14.0. The number of aliphatic imine (C=N–C) groups is 1. The number of aryl methyl sites for hydroxylation is 1. The van der Waals surface area contributed by atoms with Crippen LogP contribution in [0, 0.1) is 18.3 Å². The van der Waals surface area contributed by atoms with Crippen molar-refractivity contribution in [2.24, 2.45) is 16.3 Å². The van der Waals surface area contributed by atoms with Crippen molar-refractivity contribution >= 4 is 45.0 Å². The normalized spacial score (nSPS) is 15.4. The van der Waals surface area contributed by atoms with Gasteiger partial charge < -0.3 is 10.3 Å². The minimum absolute atomic E-state index is 0.0805. The van der Waals surface area contributed by atoms with Crippen LogP contribution in [0.5, 0.6) is 0 Å². The Morgan fingerprint density at radius 1 is 1.00 bits per heavy atom. The van der Waals surface area contributed by atoms with Crippen LogP contribution in [-0.4, -0.2) is 17.1 Å². The van der Waals surface area contributed by atoms with E-state index < -0.39 is 0 Å². The molecule has 0 saturated heterocycles. The number of rotatable bonds is 5. The maximum atomic E-state index is 13.8. The number of hydrogen-bond donors (Lipinski definition) is 2. The number of nitrogens with zero attached hydrogens (tertiary/aromatic N) is 1. The molecule has 4 nitrogen and oxygen atoms in total. The third-order valence-electron chi connectivity index (χ3n) is 8.19. The fourth-order valence-corrected chi connectivity index (χ4v) is 7.09. The molecule has 1 amide bonds. The molecule has 3 aromatic carbocycles. The Hall–Kier alpha value is -3.96. The highest BCUT2D eigenvalue weighted by atomic mass is 32.1. The van der Waals surface area contributed by atoms with Crippen LogP contribution in [0.25, 0.3) is 22.2 Å². The minimum atomic E-state index is -0.0805. The summed E-state index contributed by atoms with van der Waals surface area (Å²) in [6, 6.07) is 26.4. The molecular weight excluding hydrogens is 510 g/mol. The van der Waals surface area contributed by atoms with Crippen molar-refractivity contribution < 1.29 is 4.79 Å². The molecule has 6 rings (SSSR count). The minimum Gasteiger partial charge on any atom is -0.354 e. The summed E-state index contributed by atoms with van der Waals surface area (Å²) in [5.41, 5.74) is 8.42. The molecule has 2 N–H and O–H groups in total. The molecular formula is C35H35N3OS. The van der Waals surface area contributed by atoms with Crippen LogP contribution in [0.2, 0.25) is 0 Å². The third kappa shape index (κ3) is 5.02. The summed E-state index contributed by atoms with van der Waals surface area (Å²) in [7, 11) is 0. The summed E-state index contributed by atoms with van der Waals surface area (Å²) in [5.74, 6) is 0.505. The molecule has 0 aliphatic heterocycles. The van der Waals surface area contributed by atoms with Gasteiger partial charge in [0.2, 0.25) is 0 Å². The molecule has 0 fully saturated rings. The van der Waals surface area contributed by atoms with Gasteiger partial charge in [0, 0.05) is 33.2 Å². The predicted octanol–water partition coefficient (Wildman–Crippen LogP) is 9.36. The van der Waals surface area contributed by atoms with Gasteiger partial charge in [0.25, 0.3) is 5.91 Å². The van der Waals surface area contributed by atoms with Crippen molar-refractivity contribution in [3.63, 3.8) is 0 Å². The van der Waals surface area contributed by atoms with Crippen molar-refractivity contribution in [1.82, 2.24) is 4.98 Å². The molecule has 2 heterocycles. The lowest BCUT2D eigenvalue weighted by Crippen LogP contribution is -2.27. The van der Waals surface area contributed by atoms with Crippen LogP contribution in [-0.2, 0) is 12.8 Å². The van der Waals surface area contributed by atoms with E-state index in [0.717, 1.165) is 63.2 Å². The summed E-state index contributed by atoms with van der Waals surface area (Å²) in [6.45, 7) is 9.09. The summed E-state index contributed by atoms with van der Waals surface area (Å²) < 4.78 is 0. The zero-order valence-electron chi connectivity index (χ0n) is 23.5. The Kier molecular flexibility index (Phi) is 6.93. The third-order valence-corrected chi connectivity index (χ3v) is 9.35. The van der Waals surface area contributed by atoms with Crippen molar-refractivity contribution in [1.29, 1.82) is 0 Å². The van der Waals surface area contributed by atoms with Gasteiger partial charge in [0.05, 0.1) is 11.3 Å². The van der Waals surface area contributed by atoms with E-state index >= 15 is 0 Å². The van der Waals surface area contributed by atoms with E-state index in [0.29, 0.717) is 5.92 Å². The second kappa shape index (κ2) is 10.5. The number of thiophene rings is 1. The summed E-state index contributed by atoms with van der Waals surface area (Å²) in [6.07, 6.45) is 4.94. The second-order valence-electron chi connectivity index (χ2n) is 11.8. The number of aromatic amines is 1. The highest BCUT2D eigenvalue weighted by Crippen LogP contribution is 2.45. The van der Waals surface area contributed by atoms with Gasteiger partial charge in [-0.15, -0.1) is 11.3 Å². The first-order valence-corrected chi connectivity index (χ1v) is 14.8. The van der Waals surface area contributed by atoms with Crippen molar-refractivity contribution in [3.8, 4) is 11.3 Å².